The molecule has 0 aliphatic rings. The molecule has 0 aromatic rings. The van der Waals surface area contributed by atoms with Gasteiger partial charge in [-0.2, -0.15) is 5.26 Å². The van der Waals surface area contributed by atoms with E-state index in [1.54, 1.807) is 7.11 Å². The molecule has 0 radical (unpaired) electrons. The minimum Gasteiger partial charge on any atom is -0.383 e. The fraction of sp³-hybridized carbons (Fsp3) is 0.800. The van der Waals surface area contributed by atoms with Crippen molar-refractivity contribution in [3.05, 3.63) is 0 Å². The number of guanidine groups is 1. The average molecular weight is 212 g/mol. The summed E-state index contributed by atoms with van der Waals surface area (Å²) in [6.07, 6.45) is 1.42. The Hall–Kier alpha value is -1.28. The number of nitriles is 1. The summed E-state index contributed by atoms with van der Waals surface area (Å²) in [6, 6.07) is 2.09. The Kier molecular flexibility index (Phi) is 8.49. The molecule has 0 unspecified atom stereocenters. The van der Waals surface area contributed by atoms with Gasteiger partial charge in [0.2, 0.25) is 0 Å². The molecule has 0 spiro atoms. The van der Waals surface area contributed by atoms with Crippen LogP contribution in [0.4, 0.5) is 0 Å². The molecule has 0 bridgehead atoms. The van der Waals surface area contributed by atoms with Gasteiger partial charge in [-0.15, -0.1) is 0 Å². The van der Waals surface area contributed by atoms with Crippen molar-refractivity contribution in [1.29, 1.82) is 5.26 Å². The molecule has 86 valence electrons. The fourth-order valence-electron chi connectivity index (χ4n) is 1.05. The first kappa shape index (κ1) is 13.7. The number of hydrogen-bond acceptors (Lipinski definition) is 3. The molecule has 15 heavy (non-hydrogen) atoms. The second kappa shape index (κ2) is 9.28. The van der Waals surface area contributed by atoms with Crippen molar-refractivity contribution >= 4 is 5.96 Å². The number of nitrogens with two attached hydrogens (primary N) is 1. The maximum atomic E-state index is 8.51. The summed E-state index contributed by atoms with van der Waals surface area (Å²) in [7, 11) is 1.64. The van der Waals surface area contributed by atoms with Crippen LogP contribution in [0.2, 0.25) is 0 Å². The zero-order valence-corrected chi connectivity index (χ0v) is 9.57. The van der Waals surface area contributed by atoms with E-state index in [0.717, 1.165) is 13.0 Å². The zero-order chi connectivity index (χ0) is 11.5. The molecular formula is C10H20N4O. The molecule has 0 aliphatic carbocycles. The number of rotatable bonds is 7. The molecule has 0 saturated heterocycles. The maximum absolute atomic E-state index is 8.51. The third-order valence-electron chi connectivity index (χ3n) is 1.88. The summed E-state index contributed by atoms with van der Waals surface area (Å²) in [4.78, 5) is 6.08. The number of hydrogen-bond donors (Lipinski definition) is 1. The fourth-order valence-corrected chi connectivity index (χ4v) is 1.05. The predicted octanol–water partition coefficient (Wildman–Crippen LogP) is 0.573. The molecule has 2 N–H and O–H groups in total. The van der Waals surface area contributed by atoms with Crippen LogP contribution < -0.4 is 5.73 Å². The molecule has 5 nitrogen and oxygen atoms in total. The van der Waals surface area contributed by atoms with Crippen molar-refractivity contribution in [3.63, 3.8) is 0 Å². The smallest absolute Gasteiger partial charge is 0.191 e. The van der Waals surface area contributed by atoms with E-state index < -0.39 is 0 Å². The highest BCUT2D eigenvalue weighted by Gasteiger charge is 2.06. The highest BCUT2D eigenvalue weighted by atomic mass is 16.5. The summed E-state index contributed by atoms with van der Waals surface area (Å²) in [5, 5.41) is 8.51. The van der Waals surface area contributed by atoms with E-state index >= 15 is 0 Å². The molecule has 0 atom stereocenters. The monoisotopic (exact) mass is 212 g/mol. The number of methoxy groups -OCH3 is 1. The van der Waals surface area contributed by atoms with Crippen molar-refractivity contribution in [1.82, 2.24) is 4.90 Å². The van der Waals surface area contributed by atoms with Crippen LogP contribution in [0, 0.1) is 11.3 Å². The lowest BCUT2D eigenvalue weighted by molar-refractivity contribution is 0.176. The van der Waals surface area contributed by atoms with Crippen LogP contribution in [-0.4, -0.2) is 44.2 Å². The lowest BCUT2D eigenvalue weighted by Crippen LogP contribution is -2.40. The Morgan fingerprint density at radius 1 is 1.53 bits per heavy atom. The normalized spacial score (nSPS) is 11.1. The molecule has 0 amide bonds. The zero-order valence-electron chi connectivity index (χ0n) is 9.57. The second-order valence-electron chi connectivity index (χ2n) is 3.13. The molecule has 0 rings (SSSR count). The summed E-state index contributed by atoms with van der Waals surface area (Å²) in [5.41, 5.74) is 5.80. The third kappa shape index (κ3) is 6.75. The third-order valence-corrected chi connectivity index (χ3v) is 1.88. The first-order chi connectivity index (χ1) is 7.26. The first-order valence-corrected chi connectivity index (χ1v) is 5.17. The van der Waals surface area contributed by atoms with Crippen LogP contribution in [0.5, 0.6) is 0 Å². The van der Waals surface area contributed by atoms with Gasteiger partial charge in [-0.3, -0.25) is 4.99 Å². The van der Waals surface area contributed by atoms with Crippen LogP contribution in [0.1, 0.15) is 19.8 Å². The van der Waals surface area contributed by atoms with E-state index in [2.05, 4.69) is 11.1 Å². The minimum atomic E-state index is 0.450. The highest BCUT2D eigenvalue weighted by Crippen LogP contribution is 1.92. The Bertz CT molecular complexity index is 222. The Morgan fingerprint density at radius 3 is 2.80 bits per heavy atom. The van der Waals surface area contributed by atoms with E-state index in [4.69, 9.17) is 15.7 Å². The number of aliphatic imine (C=N–C) groups is 1. The van der Waals surface area contributed by atoms with Crippen molar-refractivity contribution in [2.75, 3.05) is 33.4 Å². The van der Waals surface area contributed by atoms with Gasteiger partial charge in [0, 0.05) is 26.7 Å². The van der Waals surface area contributed by atoms with Crippen LogP contribution >= 0.6 is 0 Å². The second-order valence-corrected chi connectivity index (χ2v) is 3.13. The van der Waals surface area contributed by atoms with Gasteiger partial charge in [0.15, 0.2) is 5.96 Å². The minimum absolute atomic E-state index is 0.450. The summed E-state index contributed by atoms with van der Waals surface area (Å²) in [5.74, 6) is 0.504. The molecule has 0 aliphatic heterocycles. The largest absolute Gasteiger partial charge is 0.383 e. The summed E-state index contributed by atoms with van der Waals surface area (Å²) < 4.78 is 4.97. The van der Waals surface area contributed by atoms with E-state index in [-0.39, 0.29) is 0 Å². The van der Waals surface area contributed by atoms with Crippen molar-refractivity contribution in [2.24, 2.45) is 10.7 Å². The lowest BCUT2D eigenvalue weighted by Gasteiger charge is -2.21. The topological polar surface area (TPSA) is 74.6 Å². The quantitative estimate of drug-likeness (QED) is 0.494. The Balaban J connectivity index is 4.14. The SMILES string of the molecule is CCCN=C(N)N(CCC#N)CCOC. The van der Waals surface area contributed by atoms with Gasteiger partial charge in [-0.1, -0.05) is 6.92 Å². The van der Waals surface area contributed by atoms with Gasteiger partial charge < -0.3 is 15.4 Å². The van der Waals surface area contributed by atoms with Crippen molar-refractivity contribution in [2.45, 2.75) is 19.8 Å². The van der Waals surface area contributed by atoms with Crippen LogP contribution in [0.15, 0.2) is 4.99 Å². The van der Waals surface area contributed by atoms with E-state index in [1.165, 1.54) is 0 Å². The molecule has 0 saturated carbocycles. The summed E-state index contributed by atoms with van der Waals surface area (Å²) >= 11 is 0. The van der Waals surface area contributed by atoms with Gasteiger partial charge in [0.05, 0.1) is 19.1 Å². The standard InChI is InChI=1S/C10H20N4O/c1-3-6-13-10(12)14(7-4-5-11)8-9-15-2/h3-4,6-9H2,1-2H3,(H2,12,13). The van der Waals surface area contributed by atoms with Crippen molar-refractivity contribution < 1.29 is 4.74 Å². The van der Waals surface area contributed by atoms with Crippen molar-refractivity contribution in [3.8, 4) is 6.07 Å². The van der Waals surface area contributed by atoms with E-state index in [9.17, 15) is 0 Å². The van der Waals surface area contributed by atoms with E-state index in [0.29, 0.717) is 32.1 Å². The highest BCUT2D eigenvalue weighted by molar-refractivity contribution is 5.78. The molecule has 0 fully saturated rings. The number of nitrogens with zero attached hydrogens (tertiary/aromatic N) is 3. The summed E-state index contributed by atoms with van der Waals surface area (Å²) in [6.45, 7) is 4.65. The Morgan fingerprint density at radius 2 is 2.27 bits per heavy atom. The lowest BCUT2D eigenvalue weighted by atomic mass is 10.4. The maximum Gasteiger partial charge on any atom is 0.191 e. The molecule has 0 aromatic heterocycles. The van der Waals surface area contributed by atoms with Gasteiger partial charge in [-0.05, 0) is 6.42 Å². The van der Waals surface area contributed by atoms with Gasteiger partial charge in [0.25, 0.3) is 0 Å². The molecule has 0 aromatic carbocycles. The van der Waals surface area contributed by atoms with E-state index in [1.807, 2.05) is 11.8 Å². The number of ether oxygens (including phenoxy) is 1. The van der Waals surface area contributed by atoms with Crippen LogP contribution in [0.25, 0.3) is 0 Å². The first-order valence-electron chi connectivity index (χ1n) is 5.17. The molecule has 5 heteroatoms. The van der Waals surface area contributed by atoms with Crippen LogP contribution in [-0.2, 0) is 4.74 Å². The molecule has 0 heterocycles. The molecular weight excluding hydrogens is 192 g/mol. The Labute approximate surface area is 91.5 Å². The van der Waals surface area contributed by atoms with Gasteiger partial charge in [-0.25, -0.2) is 0 Å². The predicted molar refractivity (Wildman–Crippen MR) is 60.5 cm³/mol. The van der Waals surface area contributed by atoms with Crippen LogP contribution in [0.3, 0.4) is 0 Å². The average Bonchev–Trinajstić information content (AvgIpc) is 2.26. The van der Waals surface area contributed by atoms with Gasteiger partial charge in [0.1, 0.15) is 0 Å². The van der Waals surface area contributed by atoms with Gasteiger partial charge >= 0.3 is 0 Å².